The summed E-state index contributed by atoms with van der Waals surface area (Å²) in [6, 6.07) is 17.9. The molecule has 0 fully saturated rings. The van der Waals surface area contributed by atoms with Crippen molar-refractivity contribution in [2.75, 3.05) is 10.6 Å². The zero-order valence-corrected chi connectivity index (χ0v) is 14.7. The molecule has 6 heteroatoms. The maximum Gasteiger partial charge on any atom is 0.261 e. The summed E-state index contributed by atoms with van der Waals surface area (Å²) in [5.74, 6) is 0.205. The fraction of sp³-hybridized carbons (Fsp3) is 0.0526. The third-order valence-electron chi connectivity index (χ3n) is 3.66. The molecule has 1 amide bonds. The highest BCUT2D eigenvalue weighted by Crippen LogP contribution is 2.24. The average molecular weight is 372 g/mol. The van der Waals surface area contributed by atoms with E-state index in [1.807, 2.05) is 30.3 Å². The van der Waals surface area contributed by atoms with Crippen LogP contribution in [0, 0.1) is 0 Å². The van der Waals surface area contributed by atoms with Crippen LogP contribution in [-0.2, 0) is 6.54 Å². The van der Waals surface area contributed by atoms with Crippen molar-refractivity contribution in [3.05, 3.63) is 88.0 Å². The average Bonchev–Trinajstić information content (AvgIpc) is 2.63. The molecule has 0 spiro atoms. The molecule has 0 saturated heterocycles. The lowest BCUT2D eigenvalue weighted by molar-refractivity contribution is 0.0985. The number of benzene rings is 2. The first-order valence-electron chi connectivity index (χ1n) is 7.57. The number of nitrogen functional groups attached to an aromatic ring is 1. The van der Waals surface area contributed by atoms with Crippen LogP contribution in [0.4, 0.5) is 11.5 Å². The third kappa shape index (κ3) is 4.10. The molecule has 126 valence electrons. The van der Waals surface area contributed by atoms with Crippen molar-refractivity contribution in [2.24, 2.45) is 0 Å². The zero-order valence-electron chi connectivity index (χ0n) is 13.2. The molecule has 0 bridgehead atoms. The van der Waals surface area contributed by atoms with Gasteiger partial charge in [-0.15, -0.1) is 0 Å². The molecule has 3 aromatic rings. The summed E-state index contributed by atoms with van der Waals surface area (Å²) in [5.41, 5.74) is 7.64. The number of aromatic nitrogens is 1. The van der Waals surface area contributed by atoms with Crippen LogP contribution in [0.15, 0.2) is 66.9 Å². The smallest absolute Gasteiger partial charge is 0.261 e. The van der Waals surface area contributed by atoms with Gasteiger partial charge in [0.15, 0.2) is 0 Å². The molecule has 1 aromatic heterocycles. The number of hydrogen-bond donors (Lipinski definition) is 1. The van der Waals surface area contributed by atoms with Gasteiger partial charge >= 0.3 is 0 Å². The summed E-state index contributed by atoms with van der Waals surface area (Å²) in [5, 5.41) is 0.944. The van der Waals surface area contributed by atoms with E-state index in [0.29, 0.717) is 33.7 Å². The number of halogens is 2. The molecule has 0 unspecified atom stereocenters. The number of carbonyl (C=O) groups is 1. The highest BCUT2D eigenvalue weighted by molar-refractivity contribution is 6.31. The summed E-state index contributed by atoms with van der Waals surface area (Å²) >= 11 is 11.9. The number of carbonyl (C=O) groups excluding carboxylic acids is 1. The SMILES string of the molecule is Nc1ccc(Cl)cc1C(=O)N(Cc1ccccc1)c1ccc(Cl)cn1. The third-order valence-corrected chi connectivity index (χ3v) is 4.12. The van der Waals surface area contributed by atoms with E-state index >= 15 is 0 Å². The fourth-order valence-electron chi connectivity index (χ4n) is 2.41. The molecule has 2 aromatic carbocycles. The van der Waals surface area contributed by atoms with E-state index in [9.17, 15) is 4.79 Å². The molecule has 0 saturated carbocycles. The predicted octanol–water partition coefficient (Wildman–Crippen LogP) is 4.82. The van der Waals surface area contributed by atoms with Crippen molar-refractivity contribution in [1.82, 2.24) is 4.98 Å². The van der Waals surface area contributed by atoms with Crippen molar-refractivity contribution < 1.29 is 4.79 Å². The van der Waals surface area contributed by atoms with E-state index < -0.39 is 0 Å². The Morgan fingerprint density at radius 1 is 1.00 bits per heavy atom. The molecule has 4 nitrogen and oxygen atoms in total. The van der Waals surface area contributed by atoms with Crippen molar-refractivity contribution in [3.8, 4) is 0 Å². The van der Waals surface area contributed by atoms with Crippen molar-refractivity contribution >= 4 is 40.6 Å². The lowest BCUT2D eigenvalue weighted by Gasteiger charge is -2.23. The number of nitrogens with two attached hydrogens (primary N) is 1. The van der Waals surface area contributed by atoms with Gasteiger partial charge in [-0.25, -0.2) is 4.98 Å². The Kier molecular flexibility index (Phi) is 5.22. The number of amides is 1. The van der Waals surface area contributed by atoms with Crippen LogP contribution < -0.4 is 10.6 Å². The number of hydrogen-bond acceptors (Lipinski definition) is 3. The topological polar surface area (TPSA) is 59.2 Å². The van der Waals surface area contributed by atoms with Gasteiger partial charge in [0, 0.05) is 16.9 Å². The van der Waals surface area contributed by atoms with Gasteiger partial charge in [0.1, 0.15) is 5.82 Å². The van der Waals surface area contributed by atoms with Gasteiger partial charge < -0.3 is 5.73 Å². The monoisotopic (exact) mass is 371 g/mol. The Bertz CT molecular complexity index is 883. The number of rotatable bonds is 4. The molecule has 0 aliphatic carbocycles. The lowest BCUT2D eigenvalue weighted by Crippen LogP contribution is -2.31. The second kappa shape index (κ2) is 7.55. The second-order valence-corrected chi connectivity index (χ2v) is 6.32. The van der Waals surface area contributed by atoms with E-state index in [0.717, 1.165) is 5.56 Å². The maximum atomic E-state index is 13.1. The van der Waals surface area contributed by atoms with E-state index in [2.05, 4.69) is 4.98 Å². The molecule has 0 aliphatic rings. The van der Waals surface area contributed by atoms with Crippen molar-refractivity contribution in [1.29, 1.82) is 0 Å². The number of nitrogens with zero attached hydrogens (tertiary/aromatic N) is 2. The second-order valence-electron chi connectivity index (χ2n) is 5.44. The molecule has 0 aliphatic heterocycles. The lowest BCUT2D eigenvalue weighted by atomic mass is 10.1. The van der Waals surface area contributed by atoms with Crippen LogP contribution in [0.25, 0.3) is 0 Å². The first kappa shape index (κ1) is 17.3. The minimum absolute atomic E-state index is 0.279. The van der Waals surface area contributed by atoms with Gasteiger partial charge in [0.05, 0.1) is 17.1 Å². The summed E-state index contributed by atoms with van der Waals surface area (Å²) in [4.78, 5) is 18.9. The summed E-state index contributed by atoms with van der Waals surface area (Å²) in [6.07, 6.45) is 1.50. The molecule has 2 N–H and O–H groups in total. The standard InChI is InChI=1S/C19H15Cl2N3O/c20-14-6-8-17(22)16(10-14)19(25)24(12-13-4-2-1-3-5-13)18-9-7-15(21)11-23-18/h1-11H,12,22H2. The molecular formula is C19H15Cl2N3O. The van der Waals surface area contributed by atoms with Gasteiger partial charge in [0.2, 0.25) is 0 Å². The van der Waals surface area contributed by atoms with Gasteiger partial charge in [0.25, 0.3) is 5.91 Å². The summed E-state index contributed by atoms with van der Waals surface area (Å²) in [6.45, 7) is 0.347. The van der Waals surface area contributed by atoms with E-state index in [1.54, 1.807) is 35.2 Å². The number of anilines is 2. The fourth-order valence-corrected chi connectivity index (χ4v) is 2.69. The molecule has 25 heavy (non-hydrogen) atoms. The van der Waals surface area contributed by atoms with Crippen LogP contribution in [0.5, 0.6) is 0 Å². The Balaban J connectivity index is 2.02. The Labute approximate surface area is 155 Å². The minimum Gasteiger partial charge on any atom is -0.398 e. The van der Waals surface area contributed by atoms with Crippen LogP contribution in [0.1, 0.15) is 15.9 Å². The largest absolute Gasteiger partial charge is 0.398 e. The Hall–Kier alpha value is -2.56. The van der Waals surface area contributed by atoms with E-state index in [4.69, 9.17) is 28.9 Å². The van der Waals surface area contributed by atoms with Gasteiger partial charge in [-0.1, -0.05) is 53.5 Å². The van der Waals surface area contributed by atoms with Crippen LogP contribution in [0.3, 0.4) is 0 Å². The molecular weight excluding hydrogens is 357 g/mol. The minimum atomic E-state index is -0.279. The van der Waals surface area contributed by atoms with Gasteiger partial charge in [-0.2, -0.15) is 0 Å². The van der Waals surface area contributed by atoms with E-state index in [-0.39, 0.29) is 5.91 Å². The van der Waals surface area contributed by atoms with Gasteiger partial charge in [-0.3, -0.25) is 9.69 Å². The van der Waals surface area contributed by atoms with Crippen molar-refractivity contribution in [2.45, 2.75) is 6.54 Å². The molecule has 3 rings (SSSR count). The Morgan fingerprint density at radius 3 is 2.40 bits per heavy atom. The van der Waals surface area contributed by atoms with Crippen LogP contribution in [-0.4, -0.2) is 10.9 Å². The predicted molar refractivity (Wildman–Crippen MR) is 102 cm³/mol. The van der Waals surface area contributed by atoms with Crippen LogP contribution in [0.2, 0.25) is 10.0 Å². The first-order valence-corrected chi connectivity index (χ1v) is 8.32. The highest BCUT2D eigenvalue weighted by Gasteiger charge is 2.21. The quantitative estimate of drug-likeness (QED) is 0.668. The summed E-state index contributed by atoms with van der Waals surface area (Å²) < 4.78 is 0. The molecule has 0 atom stereocenters. The number of pyridine rings is 1. The highest BCUT2D eigenvalue weighted by atomic mass is 35.5. The maximum absolute atomic E-state index is 13.1. The Morgan fingerprint density at radius 2 is 1.72 bits per heavy atom. The van der Waals surface area contributed by atoms with Gasteiger partial charge in [-0.05, 0) is 35.9 Å². The normalized spacial score (nSPS) is 10.5. The summed E-state index contributed by atoms with van der Waals surface area (Å²) in [7, 11) is 0. The van der Waals surface area contributed by atoms with E-state index in [1.165, 1.54) is 6.20 Å². The van der Waals surface area contributed by atoms with Crippen LogP contribution >= 0.6 is 23.2 Å². The molecule has 0 radical (unpaired) electrons. The molecule has 1 heterocycles. The van der Waals surface area contributed by atoms with Crippen molar-refractivity contribution in [3.63, 3.8) is 0 Å². The zero-order chi connectivity index (χ0) is 17.8. The first-order chi connectivity index (χ1) is 12.0.